The molecule has 0 radical (unpaired) electrons. The molecule has 188 valence electrons. The van der Waals surface area contributed by atoms with Crippen molar-refractivity contribution in [2.45, 2.75) is 19.0 Å². The van der Waals surface area contributed by atoms with Crippen molar-refractivity contribution in [3.63, 3.8) is 0 Å². The van der Waals surface area contributed by atoms with Crippen molar-refractivity contribution in [1.82, 2.24) is 25.2 Å². The Morgan fingerprint density at radius 1 is 1.25 bits per heavy atom. The van der Waals surface area contributed by atoms with Gasteiger partial charge in [0.1, 0.15) is 6.61 Å². The topological polar surface area (TPSA) is 95.6 Å². The van der Waals surface area contributed by atoms with Crippen LogP contribution in [0.4, 0.5) is 5.82 Å². The highest BCUT2D eigenvalue weighted by molar-refractivity contribution is 7.19. The minimum atomic E-state index is -0.0541. The molecular weight excluding hydrogens is 476 g/mol. The molecule has 2 aliphatic heterocycles. The van der Waals surface area contributed by atoms with Gasteiger partial charge in [-0.3, -0.25) is 9.69 Å². The monoisotopic (exact) mass is 506 g/mol. The molecule has 1 unspecified atom stereocenters. The number of ether oxygens (including phenoxy) is 2. The molecule has 36 heavy (non-hydrogen) atoms. The summed E-state index contributed by atoms with van der Waals surface area (Å²) in [6, 6.07) is 10.7. The molecule has 2 saturated heterocycles. The summed E-state index contributed by atoms with van der Waals surface area (Å²) in [5.41, 5.74) is 3.10. The van der Waals surface area contributed by atoms with Crippen LogP contribution in [-0.2, 0) is 20.8 Å². The molecule has 0 spiro atoms. The van der Waals surface area contributed by atoms with Gasteiger partial charge in [-0.1, -0.05) is 12.1 Å². The molecular formula is C26H30N6O3S. The van der Waals surface area contributed by atoms with E-state index in [1.807, 2.05) is 12.3 Å². The molecule has 0 aliphatic carbocycles. The van der Waals surface area contributed by atoms with Crippen LogP contribution >= 0.6 is 11.3 Å². The Hall–Kier alpha value is -3.05. The van der Waals surface area contributed by atoms with Crippen LogP contribution in [0.1, 0.15) is 11.3 Å². The van der Waals surface area contributed by atoms with E-state index in [1.165, 1.54) is 4.88 Å². The number of nitrogens with one attached hydrogen (secondary N) is 2. The Kier molecular flexibility index (Phi) is 6.58. The van der Waals surface area contributed by atoms with Crippen molar-refractivity contribution in [3.8, 4) is 11.4 Å². The van der Waals surface area contributed by atoms with Gasteiger partial charge in [0.2, 0.25) is 5.91 Å². The molecule has 0 bridgehead atoms. The molecule has 3 aromatic heterocycles. The Balaban J connectivity index is 1.31. The van der Waals surface area contributed by atoms with Gasteiger partial charge in [0.05, 0.1) is 23.4 Å². The van der Waals surface area contributed by atoms with Crippen LogP contribution < -0.4 is 10.2 Å². The number of amides is 1. The summed E-state index contributed by atoms with van der Waals surface area (Å²) < 4.78 is 11.7. The quantitative estimate of drug-likeness (QED) is 0.398. The maximum atomic E-state index is 11.9. The number of fused-ring (bicyclic) bond motifs is 2. The Morgan fingerprint density at radius 3 is 3.00 bits per heavy atom. The van der Waals surface area contributed by atoms with Crippen LogP contribution in [-0.4, -0.2) is 84.9 Å². The van der Waals surface area contributed by atoms with Crippen LogP contribution in [0.15, 0.2) is 36.5 Å². The first-order chi connectivity index (χ1) is 17.7. The molecule has 4 aromatic rings. The summed E-state index contributed by atoms with van der Waals surface area (Å²) in [6.45, 7) is 5.79. The molecule has 1 atom stereocenters. The van der Waals surface area contributed by atoms with Gasteiger partial charge >= 0.3 is 0 Å². The van der Waals surface area contributed by atoms with Gasteiger partial charge in [-0.15, -0.1) is 11.3 Å². The first kappa shape index (κ1) is 23.4. The second-order valence-electron chi connectivity index (χ2n) is 9.36. The van der Waals surface area contributed by atoms with E-state index in [1.54, 1.807) is 18.4 Å². The molecule has 1 aromatic carbocycles. The third-order valence-corrected chi connectivity index (χ3v) is 7.95. The number of carbonyl (C=O) groups is 1. The number of morpholine rings is 1. The molecule has 2 aliphatic rings. The van der Waals surface area contributed by atoms with E-state index in [2.05, 4.69) is 44.4 Å². The first-order valence-corrected chi connectivity index (χ1v) is 13.2. The average molecular weight is 507 g/mol. The maximum absolute atomic E-state index is 11.9. The van der Waals surface area contributed by atoms with Gasteiger partial charge in [0.25, 0.3) is 0 Å². The predicted octanol–water partition coefficient (Wildman–Crippen LogP) is 3.01. The third kappa shape index (κ3) is 4.69. The number of nitrogens with zero attached hydrogens (tertiary/aromatic N) is 4. The second kappa shape index (κ2) is 10.1. The zero-order valence-corrected chi connectivity index (χ0v) is 21.1. The van der Waals surface area contributed by atoms with Crippen LogP contribution in [0.25, 0.3) is 32.5 Å². The maximum Gasteiger partial charge on any atom is 0.246 e. The molecule has 1 amide bonds. The second-order valence-corrected chi connectivity index (χ2v) is 10.5. The normalized spacial score (nSPS) is 18.9. The number of H-pyrrole nitrogens is 1. The van der Waals surface area contributed by atoms with Gasteiger partial charge in [-0.25, -0.2) is 9.97 Å². The fourth-order valence-corrected chi connectivity index (χ4v) is 6.30. The molecule has 10 heteroatoms. The van der Waals surface area contributed by atoms with Crippen molar-refractivity contribution in [1.29, 1.82) is 0 Å². The number of likely N-dealkylation sites (tertiary alicyclic amines) is 1. The highest BCUT2D eigenvalue weighted by Gasteiger charge is 2.26. The van der Waals surface area contributed by atoms with E-state index < -0.39 is 0 Å². The molecule has 2 N–H and O–H groups in total. The predicted molar refractivity (Wildman–Crippen MR) is 141 cm³/mol. The molecule has 5 heterocycles. The number of aromatic amines is 1. The lowest BCUT2D eigenvalue weighted by Crippen LogP contribution is -2.38. The number of hydrogen-bond acceptors (Lipinski definition) is 8. The minimum Gasteiger partial charge on any atom is -0.378 e. The van der Waals surface area contributed by atoms with E-state index in [4.69, 9.17) is 19.4 Å². The van der Waals surface area contributed by atoms with Crippen LogP contribution in [0.2, 0.25) is 0 Å². The number of benzene rings is 1. The number of thiophene rings is 1. The van der Waals surface area contributed by atoms with Gasteiger partial charge < -0.3 is 24.7 Å². The Bertz CT molecular complexity index is 1380. The summed E-state index contributed by atoms with van der Waals surface area (Å²) in [5.74, 6) is 1.69. The van der Waals surface area contributed by atoms with E-state index in [0.717, 1.165) is 77.5 Å². The third-order valence-electron chi connectivity index (χ3n) is 6.84. The highest BCUT2D eigenvalue weighted by atomic mass is 32.1. The lowest BCUT2D eigenvalue weighted by Gasteiger charge is -2.28. The standard InChI is InChI=1S/C26H30N6O3S/c1-34-16-23(33)28-17-6-8-31(14-17)15-18-13-22-24(36-18)26(32-9-11-35-12-10-32)30-25(29-22)20-3-2-4-21-19(20)5-7-27-21/h2-5,7,13,17,27H,6,8-12,14-16H2,1H3,(H,28,33). The largest absolute Gasteiger partial charge is 0.378 e. The molecule has 6 rings (SSSR count). The van der Waals surface area contributed by atoms with Gasteiger partial charge in [0.15, 0.2) is 11.6 Å². The zero-order chi connectivity index (χ0) is 24.5. The SMILES string of the molecule is COCC(=O)NC1CCN(Cc2cc3nc(-c4cccc5[nH]ccc45)nc(N4CCOCC4)c3s2)C1. The lowest BCUT2D eigenvalue weighted by molar-refractivity contribution is -0.125. The van der Waals surface area contributed by atoms with Crippen LogP contribution in [0.5, 0.6) is 0 Å². The zero-order valence-electron chi connectivity index (χ0n) is 20.3. The summed E-state index contributed by atoms with van der Waals surface area (Å²) in [5, 5.41) is 4.19. The van der Waals surface area contributed by atoms with Crippen LogP contribution in [0, 0.1) is 0 Å². The summed E-state index contributed by atoms with van der Waals surface area (Å²) in [4.78, 5) is 31.3. The number of methoxy groups -OCH3 is 1. The number of anilines is 1. The van der Waals surface area contributed by atoms with E-state index in [9.17, 15) is 4.79 Å². The van der Waals surface area contributed by atoms with Crippen molar-refractivity contribution >= 4 is 44.2 Å². The minimum absolute atomic E-state index is 0.0541. The van der Waals surface area contributed by atoms with Gasteiger partial charge in [-0.2, -0.15) is 0 Å². The first-order valence-electron chi connectivity index (χ1n) is 12.4. The number of aromatic nitrogens is 3. The summed E-state index contributed by atoms with van der Waals surface area (Å²) in [7, 11) is 1.54. The Morgan fingerprint density at radius 2 is 2.14 bits per heavy atom. The molecule has 9 nitrogen and oxygen atoms in total. The van der Waals surface area contributed by atoms with E-state index in [0.29, 0.717) is 13.2 Å². The van der Waals surface area contributed by atoms with Gasteiger partial charge in [-0.05, 0) is 24.6 Å². The Labute approximate surface area is 213 Å². The number of carbonyl (C=O) groups excluding carboxylic acids is 1. The fourth-order valence-electron chi connectivity index (χ4n) is 5.15. The summed E-state index contributed by atoms with van der Waals surface area (Å²) >= 11 is 1.77. The van der Waals surface area contributed by atoms with Crippen molar-refractivity contribution < 1.29 is 14.3 Å². The van der Waals surface area contributed by atoms with Crippen LogP contribution in [0.3, 0.4) is 0 Å². The average Bonchev–Trinajstić information content (AvgIpc) is 3.63. The fraction of sp³-hybridized carbons (Fsp3) is 0.423. The van der Waals surface area contributed by atoms with Crippen molar-refractivity contribution in [2.75, 3.05) is 58.0 Å². The molecule has 0 saturated carbocycles. The number of hydrogen-bond donors (Lipinski definition) is 2. The van der Waals surface area contributed by atoms with Gasteiger partial charge in [0, 0.05) is 73.4 Å². The number of rotatable bonds is 7. The van der Waals surface area contributed by atoms with E-state index in [-0.39, 0.29) is 18.6 Å². The van der Waals surface area contributed by atoms with Crippen molar-refractivity contribution in [3.05, 3.63) is 41.4 Å². The smallest absolute Gasteiger partial charge is 0.246 e. The lowest BCUT2D eigenvalue weighted by atomic mass is 10.1. The van der Waals surface area contributed by atoms with Crippen molar-refractivity contribution in [2.24, 2.45) is 0 Å². The highest BCUT2D eigenvalue weighted by Crippen LogP contribution is 2.36. The summed E-state index contributed by atoms with van der Waals surface area (Å²) in [6.07, 6.45) is 2.91. The van der Waals surface area contributed by atoms with E-state index >= 15 is 0 Å². The molecule has 2 fully saturated rings.